The van der Waals surface area contributed by atoms with Crippen molar-refractivity contribution in [2.24, 2.45) is 17.3 Å². The van der Waals surface area contributed by atoms with Gasteiger partial charge in [-0.05, 0) is 26.3 Å². The van der Waals surface area contributed by atoms with Crippen LogP contribution in [0.2, 0.25) is 0 Å². The average molecular weight is 272 g/mol. The monoisotopic (exact) mass is 272 g/mol. The van der Waals surface area contributed by atoms with Gasteiger partial charge in [-0.1, -0.05) is 29.8 Å². The molecule has 2 saturated carbocycles. The van der Waals surface area contributed by atoms with Crippen LogP contribution in [0, 0.1) is 24.2 Å². The van der Waals surface area contributed by atoms with Gasteiger partial charge >= 0.3 is 5.97 Å². The molecular weight excluding hydrogens is 252 g/mol. The fourth-order valence-electron chi connectivity index (χ4n) is 3.72. The minimum Gasteiger partial charge on any atom is -0.461 e. The number of carbonyl (C=O) groups is 2. The fourth-order valence-corrected chi connectivity index (χ4v) is 3.72. The maximum Gasteiger partial charge on any atom is 0.302 e. The fraction of sp³-hybridized carbons (Fsp3) is 0.529. The van der Waals surface area contributed by atoms with Crippen molar-refractivity contribution in [2.45, 2.75) is 39.7 Å². The topological polar surface area (TPSA) is 43.4 Å². The number of hydrogen-bond acceptors (Lipinski definition) is 3. The Labute approximate surface area is 119 Å². The van der Waals surface area contributed by atoms with Gasteiger partial charge in [0, 0.05) is 24.7 Å². The van der Waals surface area contributed by atoms with Crippen LogP contribution in [0.1, 0.15) is 37.8 Å². The van der Waals surface area contributed by atoms with E-state index in [4.69, 9.17) is 4.74 Å². The highest BCUT2D eigenvalue weighted by Gasteiger charge is 2.71. The van der Waals surface area contributed by atoms with Gasteiger partial charge in [0.25, 0.3) is 0 Å². The predicted octanol–water partition coefficient (Wildman–Crippen LogP) is 2.87. The number of ketones is 1. The van der Waals surface area contributed by atoms with Crippen molar-refractivity contribution >= 4 is 11.8 Å². The summed E-state index contributed by atoms with van der Waals surface area (Å²) in [5, 5.41) is 0. The Morgan fingerprint density at radius 3 is 2.30 bits per heavy atom. The molecule has 0 heterocycles. The smallest absolute Gasteiger partial charge is 0.302 e. The molecule has 3 nitrogen and oxygen atoms in total. The third-order valence-corrected chi connectivity index (χ3v) is 4.83. The molecule has 4 atom stereocenters. The van der Waals surface area contributed by atoms with Gasteiger partial charge in [-0.25, -0.2) is 0 Å². The molecule has 3 heteroatoms. The molecule has 0 bridgehead atoms. The maximum atomic E-state index is 12.5. The molecule has 0 amide bonds. The van der Waals surface area contributed by atoms with E-state index in [0.717, 1.165) is 0 Å². The summed E-state index contributed by atoms with van der Waals surface area (Å²) >= 11 is 0. The molecule has 0 spiro atoms. The lowest BCUT2D eigenvalue weighted by Crippen LogP contribution is -2.37. The largest absolute Gasteiger partial charge is 0.461 e. The molecule has 0 radical (unpaired) electrons. The van der Waals surface area contributed by atoms with E-state index >= 15 is 0 Å². The molecule has 106 valence electrons. The van der Waals surface area contributed by atoms with Crippen LogP contribution in [0.4, 0.5) is 0 Å². The lowest BCUT2D eigenvalue weighted by Gasteiger charge is -2.29. The summed E-state index contributed by atoms with van der Waals surface area (Å²) in [6, 6.07) is 8.31. The third kappa shape index (κ3) is 1.80. The van der Waals surface area contributed by atoms with Crippen molar-refractivity contribution in [1.29, 1.82) is 0 Å². The Bertz CT molecular complexity index is 570. The average Bonchev–Trinajstić information content (AvgIpc) is 3.05. The molecule has 20 heavy (non-hydrogen) atoms. The van der Waals surface area contributed by atoms with Crippen molar-refractivity contribution in [1.82, 2.24) is 0 Å². The first-order valence-corrected chi connectivity index (χ1v) is 7.12. The molecule has 2 fully saturated rings. The first-order chi connectivity index (χ1) is 9.34. The van der Waals surface area contributed by atoms with Crippen LogP contribution in [-0.4, -0.2) is 17.9 Å². The quantitative estimate of drug-likeness (QED) is 0.777. The second-order valence-electron chi connectivity index (χ2n) is 6.66. The van der Waals surface area contributed by atoms with Crippen LogP contribution in [0.15, 0.2) is 24.3 Å². The van der Waals surface area contributed by atoms with Crippen LogP contribution >= 0.6 is 0 Å². The minimum absolute atomic E-state index is 0.0251. The molecule has 0 aliphatic heterocycles. The Hall–Kier alpha value is -1.64. The van der Waals surface area contributed by atoms with Gasteiger partial charge < -0.3 is 4.74 Å². The number of aryl methyl sites for hydroxylation is 1. The zero-order valence-electron chi connectivity index (χ0n) is 12.3. The number of Topliss-reactive ketones (excluding diaryl/α,β-unsaturated/α-hetero) is 1. The second kappa shape index (κ2) is 4.18. The van der Waals surface area contributed by atoms with Crippen molar-refractivity contribution in [3.63, 3.8) is 0 Å². The zero-order valence-corrected chi connectivity index (χ0v) is 12.3. The number of hydrogen-bond donors (Lipinski definition) is 0. The van der Waals surface area contributed by atoms with Crippen LogP contribution in [0.5, 0.6) is 0 Å². The number of benzene rings is 1. The van der Waals surface area contributed by atoms with E-state index in [1.54, 1.807) is 0 Å². The molecule has 1 aromatic rings. The molecule has 2 aliphatic carbocycles. The summed E-state index contributed by atoms with van der Waals surface area (Å²) in [7, 11) is 0. The second-order valence-corrected chi connectivity index (χ2v) is 6.66. The number of fused-ring (bicyclic) bond motifs is 1. The zero-order chi connectivity index (χ0) is 14.7. The highest BCUT2D eigenvalue weighted by Crippen LogP contribution is 2.67. The van der Waals surface area contributed by atoms with E-state index in [9.17, 15) is 9.59 Å². The first kappa shape index (κ1) is 13.3. The Balaban J connectivity index is 1.89. The van der Waals surface area contributed by atoms with Gasteiger partial charge in [-0.2, -0.15) is 0 Å². The van der Waals surface area contributed by atoms with Gasteiger partial charge in [-0.15, -0.1) is 0 Å². The number of esters is 1. The summed E-state index contributed by atoms with van der Waals surface area (Å²) in [4.78, 5) is 23.8. The highest BCUT2D eigenvalue weighted by molar-refractivity contribution is 5.95. The summed E-state index contributed by atoms with van der Waals surface area (Å²) in [6.45, 7) is 7.24. The molecule has 0 aromatic heterocycles. The van der Waals surface area contributed by atoms with Crippen molar-refractivity contribution in [3.8, 4) is 0 Å². The summed E-state index contributed by atoms with van der Waals surface area (Å²) in [6.07, 6.45) is -0.288. The molecular formula is C17H20O3. The number of ether oxygens (including phenoxy) is 1. The summed E-state index contributed by atoms with van der Waals surface area (Å²) < 4.78 is 5.47. The van der Waals surface area contributed by atoms with Gasteiger partial charge in [0.15, 0.2) is 0 Å². The maximum absolute atomic E-state index is 12.5. The SMILES string of the molecule is CC(=O)O[C@@H]1[C@H]2[C@@H](C(=O)C1(C)C)[C@H]2c1ccc(C)cc1. The van der Waals surface area contributed by atoms with Gasteiger partial charge in [-0.3, -0.25) is 9.59 Å². The van der Waals surface area contributed by atoms with Crippen molar-refractivity contribution < 1.29 is 14.3 Å². The van der Waals surface area contributed by atoms with Crippen LogP contribution in [-0.2, 0) is 14.3 Å². The van der Waals surface area contributed by atoms with E-state index < -0.39 is 5.41 Å². The molecule has 0 N–H and O–H groups in total. The molecule has 1 aromatic carbocycles. The normalized spacial score (nSPS) is 33.7. The third-order valence-electron chi connectivity index (χ3n) is 4.83. The van der Waals surface area contributed by atoms with Crippen LogP contribution in [0.25, 0.3) is 0 Å². The lowest BCUT2D eigenvalue weighted by molar-refractivity contribution is -0.154. The van der Waals surface area contributed by atoms with Crippen LogP contribution in [0.3, 0.4) is 0 Å². The van der Waals surface area contributed by atoms with E-state index in [0.29, 0.717) is 0 Å². The standard InChI is InChI=1S/C17H20O3/c1-9-5-7-11(8-6-9)12-13-14(12)16(20-10(2)18)17(3,4)15(13)19/h5-8,12-14,16H,1-4H3/t12-,13+,14-,16-/m1/s1. The summed E-state index contributed by atoms with van der Waals surface area (Å²) in [5.41, 5.74) is 1.84. The highest BCUT2D eigenvalue weighted by atomic mass is 16.5. The van der Waals surface area contributed by atoms with E-state index in [1.807, 2.05) is 20.8 Å². The number of rotatable bonds is 2. The molecule has 3 rings (SSSR count). The van der Waals surface area contributed by atoms with E-state index in [1.165, 1.54) is 18.1 Å². The lowest BCUT2D eigenvalue weighted by atomic mass is 9.81. The van der Waals surface area contributed by atoms with Crippen molar-refractivity contribution in [2.75, 3.05) is 0 Å². The number of carbonyl (C=O) groups excluding carboxylic acids is 2. The van der Waals surface area contributed by atoms with Gasteiger partial charge in [0.05, 0.1) is 5.41 Å². The van der Waals surface area contributed by atoms with Crippen molar-refractivity contribution in [3.05, 3.63) is 35.4 Å². The Morgan fingerprint density at radius 2 is 1.75 bits per heavy atom. The molecule has 2 aliphatic rings. The molecule has 0 saturated heterocycles. The van der Waals surface area contributed by atoms with E-state index in [-0.39, 0.29) is 35.6 Å². The van der Waals surface area contributed by atoms with E-state index in [2.05, 4.69) is 24.3 Å². The Morgan fingerprint density at radius 1 is 1.15 bits per heavy atom. The Kier molecular flexibility index (Phi) is 2.79. The minimum atomic E-state index is -0.553. The predicted molar refractivity (Wildman–Crippen MR) is 75.2 cm³/mol. The first-order valence-electron chi connectivity index (χ1n) is 7.12. The van der Waals surface area contributed by atoms with Gasteiger partial charge in [0.2, 0.25) is 0 Å². The summed E-state index contributed by atoms with van der Waals surface area (Å²) in [5.74, 6) is 0.340. The van der Waals surface area contributed by atoms with Gasteiger partial charge in [0.1, 0.15) is 11.9 Å². The molecule has 0 unspecified atom stereocenters. The van der Waals surface area contributed by atoms with Crippen LogP contribution < -0.4 is 0 Å².